The first-order valence-corrected chi connectivity index (χ1v) is 10.2. The lowest BCUT2D eigenvalue weighted by Gasteiger charge is -2.37. The van der Waals surface area contributed by atoms with Gasteiger partial charge in [-0.05, 0) is 30.9 Å². The second-order valence-electron chi connectivity index (χ2n) is 7.97. The van der Waals surface area contributed by atoms with Gasteiger partial charge in [0.15, 0.2) is 0 Å². The highest BCUT2D eigenvalue weighted by Gasteiger charge is 2.29. The Morgan fingerprint density at radius 1 is 1.00 bits per heavy atom. The second kappa shape index (κ2) is 9.11. The van der Waals surface area contributed by atoms with Gasteiger partial charge in [-0.25, -0.2) is 4.79 Å². The number of nitrogens with one attached hydrogen (secondary N) is 2. The van der Waals surface area contributed by atoms with Crippen molar-refractivity contribution in [1.29, 1.82) is 0 Å². The van der Waals surface area contributed by atoms with Crippen LogP contribution in [0.25, 0.3) is 0 Å². The molecule has 1 heterocycles. The number of anilines is 1. The molecule has 2 fully saturated rings. The van der Waals surface area contributed by atoms with Gasteiger partial charge in [0.25, 0.3) is 0 Å². The molecule has 0 aromatic heterocycles. The number of amides is 3. The summed E-state index contributed by atoms with van der Waals surface area (Å²) >= 11 is 0. The zero-order chi connectivity index (χ0) is 19.2. The summed E-state index contributed by atoms with van der Waals surface area (Å²) in [4.78, 5) is 29.5. The molecular weight excluding hydrogens is 340 g/mol. The van der Waals surface area contributed by atoms with Crippen molar-refractivity contribution in [2.75, 3.05) is 31.1 Å². The molecule has 1 saturated heterocycles. The average Bonchev–Trinajstić information content (AvgIpc) is 3.19. The van der Waals surface area contributed by atoms with Gasteiger partial charge in [-0.15, -0.1) is 0 Å². The predicted octanol–water partition coefficient (Wildman–Crippen LogP) is 2.60. The van der Waals surface area contributed by atoms with Crippen molar-refractivity contribution < 1.29 is 9.59 Å². The number of rotatable bonds is 5. The Balaban J connectivity index is 1.51. The fourth-order valence-electron chi connectivity index (χ4n) is 3.93. The maximum absolute atomic E-state index is 12.7. The summed E-state index contributed by atoms with van der Waals surface area (Å²) < 4.78 is 0. The number of hydrogen-bond acceptors (Lipinski definition) is 3. The summed E-state index contributed by atoms with van der Waals surface area (Å²) in [6.07, 6.45) is 4.45. The van der Waals surface area contributed by atoms with E-state index in [2.05, 4.69) is 27.7 Å². The smallest absolute Gasteiger partial charge is 0.318 e. The Kier molecular flexibility index (Phi) is 6.58. The minimum absolute atomic E-state index is 0.0480. The SMILES string of the molecule is CC(C)[C@H](NC(=O)N1CCN(c2ccccc2)CC1)C(=O)NC1CCCC1. The van der Waals surface area contributed by atoms with Crippen LogP contribution in [0.5, 0.6) is 0 Å². The molecule has 2 N–H and O–H groups in total. The van der Waals surface area contributed by atoms with Crippen molar-refractivity contribution in [3.8, 4) is 0 Å². The predicted molar refractivity (Wildman–Crippen MR) is 108 cm³/mol. The van der Waals surface area contributed by atoms with Gasteiger partial charge in [0, 0.05) is 37.9 Å². The van der Waals surface area contributed by atoms with Crippen molar-refractivity contribution >= 4 is 17.6 Å². The molecular formula is C21H32N4O2. The van der Waals surface area contributed by atoms with Gasteiger partial charge < -0.3 is 20.4 Å². The summed E-state index contributed by atoms with van der Waals surface area (Å²) in [5, 5.41) is 6.09. The van der Waals surface area contributed by atoms with Gasteiger partial charge in [0.05, 0.1) is 0 Å². The van der Waals surface area contributed by atoms with E-state index >= 15 is 0 Å². The maximum atomic E-state index is 12.7. The monoisotopic (exact) mass is 372 g/mol. The van der Waals surface area contributed by atoms with Crippen molar-refractivity contribution in [3.05, 3.63) is 30.3 Å². The van der Waals surface area contributed by atoms with E-state index in [9.17, 15) is 9.59 Å². The summed E-state index contributed by atoms with van der Waals surface area (Å²) in [5.74, 6) is 0.00846. The zero-order valence-electron chi connectivity index (χ0n) is 16.5. The standard InChI is InChI=1S/C21H32N4O2/c1-16(2)19(20(26)22-17-8-6-7-9-17)23-21(27)25-14-12-24(13-15-25)18-10-4-3-5-11-18/h3-5,10-11,16-17,19H,6-9,12-15H2,1-2H3,(H,22,26)(H,23,27)/t19-/m0/s1. The van der Waals surface area contributed by atoms with Gasteiger partial charge in [-0.2, -0.15) is 0 Å². The van der Waals surface area contributed by atoms with Crippen LogP contribution in [0.4, 0.5) is 10.5 Å². The third-order valence-electron chi connectivity index (χ3n) is 5.62. The van der Waals surface area contributed by atoms with Crippen molar-refractivity contribution in [3.63, 3.8) is 0 Å². The first-order valence-electron chi connectivity index (χ1n) is 10.2. The van der Waals surface area contributed by atoms with Crippen LogP contribution in [-0.4, -0.2) is 55.1 Å². The fraction of sp³-hybridized carbons (Fsp3) is 0.619. The molecule has 1 aromatic carbocycles. The quantitative estimate of drug-likeness (QED) is 0.835. The molecule has 148 valence electrons. The Labute approximate surface area is 162 Å². The molecule has 0 spiro atoms. The highest BCUT2D eigenvalue weighted by molar-refractivity contribution is 5.87. The molecule has 0 radical (unpaired) electrons. The van der Waals surface area contributed by atoms with Crippen LogP contribution in [0.1, 0.15) is 39.5 Å². The Morgan fingerprint density at radius 2 is 1.63 bits per heavy atom. The molecule has 0 unspecified atom stereocenters. The van der Waals surface area contributed by atoms with E-state index in [4.69, 9.17) is 0 Å². The maximum Gasteiger partial charge on any atom is 0.318 e. The number of hydrogen-bond donors (Lipinski definition) is 2. The van der Waals surface area contributed by atoms with Crippen LogP contribution in [0.15, 0.2) is 30.3 Å². The second-order valence-corrected chi connectivity index (χ2v) is 7.97. The zero-order valence-corrected chi connectivity index (χ0v) is 16.5. The molecule has 1 saturated carbocycles. The molecule has 2 aliphatic rings. The number of nitrogens with zero attached hydrogens (tertiary/aromatic N) is 2. The van der Waals surface area contributed by atoms with Gasteiger partial charge in [-0.1, -0.05) is 44.9 Å². The summed E-state index contributed by atoms with van der Waals surface area (Å²) in [7, 11) is 0. The molecule has 3 amide bonds. The van der Waals surface area contributed by atoms with Crippen molar-refractivity contribution in [1.82, 2.24) is 15.5 Å². The number of piperazine rings is 1. The van der Waals surface area contributed by atoms with Crippen LogP contribution in [-0.2, 0) is 4.79 Å². The Bertz CT molecular complexity index is 620. The van der Waals surface area contributed by atoms with E-state index < -0.39 is 6.04 Å². The van der Waals surface area contributed by atoms with E-state index in [0.29, 0.717) is 13.1 Å². The molecule has 6 heteroatoms. The molecule has 1 aliphatic heterocycles. The fourth-order valence-corrected chi connectivity index (χ4v) is 3.93. The lowest BCUT2D eigenvalue weighted by Crippen LogP contribution is -2.57. The van der Waals surface area contributed by atoms with Gasteiger partial charge >= 0.3 is 6.03 Å². The number of carbonyl (C=O) groups is 2. The topological polar surface area (TPSA) is 64.7 Å². The van der Waals surface area contributed by atoms with Crippen LogP contribution < -0.4 is 15.5 Å². The first kappa shape index (κ1) is 19.5. The number of urea groups is 1. The molecule has 1 aliphatic carbocycles. The van der Waals surface area contributed by atoms with E-state index in [0.717, 1.165) is 25.9 Å². The number of para-hydroxylation sites is 1. The summed E-state index contributed by atoms with van der Waals surface area (Å²) in [5.41, 5.74) is 1.19. The van der Waals surface area contributed by atoms with E-state index in [-0.39, 0.29) is 23.9 Å². The van der Waals surface area contributed by atoms with Gasteiger partial charge in [-0.3, -0.25) is 4.79 Å². The van der Waals surface area contributed by atoms with Crippen LogP contribution in [0.3, 0.4) is 0 Å². The molecule has 6 nitrogen and oxygen atoms in total. The largest absolute Gasteiger partial charge is 0.368 e. The molecule has 1 atom stereocenters. The highest BCUT2D eigenvalue weighted by Crippen LogP contribution is 2.18. The third kappa shape index (κ3) is 5.15. The van der Waals surface area contributed by atoms with Gasteiger partial charge in [0.2, 0.25) is 5.91 Å². The van der Waals surface area contributed by atoms with Crippen molar-refractivity contribution in [2.24, 2.45) is 5.92 Å². The number of benzene rings is 1. The highest BCUT2D eigenvalue weighted by atomic mass is 16.2. The molecule has 0 bridgehead atoms. The van der Waals surface area contributed by atoms with Gasteiger partial charge in [0.1, 0.15) is 6.04 Å². The first-order chi connectivity index (χ1) is 13.0. The Morgan fingerprint density at radius 3 is 2.22 bits per heavy atom. The number of carbonyl (C=O) groups excluding carboxylic acids is 2. The summed E-state index contributed by atoms with van der Waals surface area (Å²) in [6.45, 7) is 6.89. The average molecular weight is 373 g/mol. The lowest BCUT2D eigenvalue weighted by atomic mass is 10.0. The normalized spacial score (nSPS) is 19.2. The Hall–Kier alpha value is -2.24. The minimum atomic E-state index is -0.481. The van der Waals surface area contributed by atoms with E-state index in [1.807, 2.05) is 36.9 Å². The van der Waals surface area contributed by atoms with Crippen LogP contribution >= 0.6 is 0 Å². The van der Waals surface area contributed by atoms with Crippen molar-refractivity contribution in [2.45, 2.75) is 51.6 Å². The molecule has 27 heavy (non-hydrogen) atoms. The minimum Gasteiger partial charge on any atom is -0.368 e. The van der Waals surface area contributed by atoms with E-state index in [1.165, 1.54) is 18.5 Å². The third-order valence-corrected chi connectivity index (χ3v) is 5.62. The van der Waals surface area contributed by atoms with E-state index in [1.54, 1.807) is 0 Å². The lowest BCUT2D eigenvalue weighted by molar-refractivity contribution is -0.124. The molecule has 3 rings (SSSR count). The molecule has 1 aromatic rings. The van der Waals surface area contributed by atoms with Crippen LogP contribution in [0, 0.1) is 5.92 Å². The van der Waals surface area contributed by atoms with Crippen LogP contribution in [0.2, 0.25) is 0 Å². The summed E-state index contributed by atoms with van der Waals surface area (Å²) in [6, 6.07) is 9.92.